The zero-order valence-electron chi connectivity index (χ0n) is 19.6. The Balaban J connectivity index is 1.39. The van der Waals surface area contributed by atoms with E-state index in [4.69, 9.17) is 0 Å². The Morgan fingerprint density at radius 2 is 1.18 bits per heavy atom. The predicted octanol–water partition coefficient (Wildman–Crippen LogP) is 2.24. The largest absolute Gasteiger partial charge is 0.340 e. The number of piperazine rings is 1. The minimum Gasteiger partial charge on any atom is -0.340 e. The van der Waals surface area contributed by atoms with E-state index in [0.717, 1.165) is 11.1 Å². The van der Waals surface area contributed by atoms with Gasteiger partial charge in [-0.1, -0.05) is 35.4 Å². The summed E-state index contributed by atoms with van der Waals surface area (Å²) in [4.78, 5) is 15.4. The molecule has 1 amide bonds. The van der Waals surface area contributed by atoms with Crippen LogP contribution in [0.4, 0.5) is 0 Å². The van der Waals surface area contributed by atoms with Crippen molar-refractivity contribution in [2.75, 3.05) is 39.3 Å². The standard InChI is InChI=1S/C24H31N3O5S2/c1-19-5-9-22(10-6-19)33(29,30)26-16-14-25(15-17-26)24(28)21-4-3-13-27(18-21)34(31,32)23-11-7-20(2)8-12-23/h5-12,21H,3-4,13-18H2,1-2H3/t21-/m0/s1. The van der Waals surface area contributed by atoms with Gasteiger partial charge in [0.05, 0.1) is 15.7 Å². The number of piperidine rings is 1. The maximum absolute atomic E-state index is 13.2. The summed E-state index contributed by atoms with van der Waals surface area (Å²) in [5, 5.41) is 0. The molecule has 0 aliphatic carbocycles. The number of aryl methyl sites for hydroxylation is 2. The van der Waals surface area contributed by atoms with E-state index in [1.807, 2.05) is 13.8 Å². The highest BCUT2D eigenvalue weighted by Gasteiger charge is 2.37. The minimum atomic E-state index is -3.66. The second kappa shape index (κ2) is 9.77. The number of hydrogen-bond acceptors (Lipinski definition) is 5. The van der Waals surface area contributed by atoms with Gasteiger partial charge in [0.1, 0.15) is 0 Å². The van der Waals surface area contributed by atoms with Crippen LogP contribution in [0.1, 0.15) is 24.0 Å². The van der Waals surface area contributed by atoms with Gasteiger partial charge >= 0.3 is 0 Å². The van der Waals surface area contributed by atoms with Crippen molar-refractivity contribution < 1.29 is 21.6 Å². The number of carbonyl (C=O) groups is 1. The number of hydrogen-bond donors (Lipinski definition) is 0. The van der Waals surface area contributed by atoms with Crippen LogP contribution in [0.15, 0.2) is 58.3 Å². The molecule has 2 saturated heterocycles. The van der Waals surface area contributed by atoms with Gasteiger partial charge in [-0.25, -0.2) is 16.8 Å². The number of carbonyl (C=O) groups excluding carboxylic acids is 1. The van der Waals surface area contributed by atoms with E-state index in [2.05, 4.69) is 0 Å². The summed E-state index contributed by atoms with van der Waals surface area (Å²) in [7, 11) is -7.27. The Bertz CT molecular complexity index is 1230. The van der Waals surface area contributed by atoms with Gasteiger partial charge in [0.2, 0.25) is 26.0 Å². The highest BCUT2D eigenvalue weighted by Crippen LogP contribution is 2.26. The van der Waals surface area contributed by atoms with Crippen LogP contribution in [0.5, 0.6) is 0 Å². The molecule has 2 heterocycles. The first-order valence-corrected chi connectivity index (χ1v) is 14.4. The summed E-state index contributed by atoms with van der Waals surface area (Å²) in [6, 6.07) is 13.5. The van der Waals surface area contributed by atoms with Crippen molar-refractivity contribution >= 4 is 26.0 Å². The van der Waals surface area contributed by atoms with Gasteiger partial charge in [0.25, 0.3) is 0 Å². The molecule has 2 aliphatic heterocycles. The van der Waals surface area contributed by atoms with E-state index in [1.54, 1.807) is 53.4 Å². The maximum atomic E-state index is 13.2. The van der Waals surface area contributed by atoms with Crippen LogP contribution in [-0.4, -0.2) is 75.5 Å². The Kier molecular flexibility index (Phi) is 7.14. The lowest BCUT2D eigenvalue weighted by atomic mass is 9.98. The Morgan fingerprint density at radius 3 is 1.68 bits per heavy atom. The fourth-order valence-corrected chi connectivity index (χ4v) is 7.43. The summed E-state index contributed by atoms with van der Waals surface area (Å²) in [5.74, 6) is -0.523. The molecular formula is C24H31N3O5S2. The van der Waals surface area contributed by atoms with Crippen molar-refractivity contribution in [1.29, 1.82) is 0 Å². The number of amides is 1. The summed E-state index contributed by atoms with van der Waals surface area (Å²) < 4.78 is 54.8. The van der Waals surface area contributed by atoms with Gasteiger partial charge in [-0.2, -0.15) is 8.61 Å². The van der Waals surface area contributed by atoms with Crippen molar-refractivity contribution in [2.24, 2.45) is 5.92 Å². The third-order valence-electron chi connectivity index (χ3n) is 6.60. The fourth-order valence-electron chi connectivity index (χ4n) is 4.49. The molecule has 2 aromatic rings. The molecule has 2 aromatic carbocycles. The number of benzene rings is 2. The Morgan fingerprint density at radius 1 is 0.706 bits per heavy atom. The second-order valence-electron chi connectivity index (χ2n) is 9.06. The van der Waals surface area contributed by atoms with Gasteiger partial charge < -0.3 is 4.90 Å². The lowest BCUT2D eigenvalue weighted by molar-refractivity contribution is -0.137. The average Bonchev–Trinajstić information content (AvgIpc) is 2.84. The fraction of sp³-hybridized carbons (Fsp3) is 0.458. The molecule has 0 radical (unpaired) electrons. The van der Waals surface area contributed by atoms with Crippen molar-refractivity contribution in [3.63, 3.8) is 0 Å². The second-order valence-corrected chi connectivity index (χ2v) is 12.9. The molecule has 8 nitrogen and oxygen atoms in total. The van der Waals surface area contributed by atoms with Crippen molar-refractivity contribution in [2.45, 2.75) is 36.5 Å². The summed E-state index contributed by atoms with van der Waals surface area (Å²) in [5.41, 5.74) is 1.97. The molecular weight excluding hydrogens is 474 g/mol. The van der Waals surface area contributed by atoms with E-state index in [0.29, 0.717) is 32.5 Å². The smallest absolute Gasteiger partial charge is 0.243 e. The first kappa shape index (κ1) is 24.8. The molecule has 4 rings (SSSR count). The number of nitrogens with zero attached hydrogens (tertiary/aromatic N) is 3. The molecule has 0 unspecified atom stereocenters. The molecule has 0 aromatic heterocycles. The molecule has 2 fully saturated rings. The van der Waals surface area contributed by atoms with Crippen LogP contribution in [-0.2, 0) is 24.8 Å². The molecule has 34 heavy (non-hydrogen) atoms. The van der Waals surface area contributed by atoms with Gasteiger partial charge in [0, 0.05) is 39.3 Å². The normalized spacial score (nSPS) is 20.9. The van der Waals surface area contributed by atoms with Crippen LogP contribution in [0.2, 0.25) is 0 Å². The van der Waals surface area contributed by atoms with E-state index in [9.17, 15) is 21.6 Å². The van der Waals surface area contributed by atoms with E-state index in [-0.39, 0.29) is 35.3 Å². The third kappa shape index (κ3) is 5.05. The monoisotopic (exact) mass is 505 g/mol. The zero-order valence-corrected chi connectivity index (χ0v) is 21.2. The third-order valence-corrected chi connectivity index (χ3v) is 10.4. The lowest BCUT2D eigenvalue weighted by Gasteiger charge is -2.38. The SMILES string of the molecule is Cc1ccc(S(=O)(=O)N2CCN(C(=O)[C@H]3CCCN(S(=O)(=O)c4ccc(C)cc4)C3)CC2)cc1. The van der Waals surface area contributed by atoms with E-state index in [1.165, 1.54) is 8.61 Å². The van der Waals surface area contributed by atoms with Gasteiger partial charge in [0.15, 0.2) is 0 Å². The summed E-state index contributed by atoms with van der Waals surface area (Å²) >= 11 is 0. The molecule has 0 bridgehead atoms. The molecule has 0 saturated carbocycles. The van der Waals surface area contributed by atoms with Crippen LogP contribution in [0, 0.1) is 19.8 Å². The zero-order chi connectivity index (χ0) is 24.5. The van der Waals surface area contributed by atoms with Crippen molar-refractivity contribution in [3.8, 4) is 0 Å². The molecule has 10 heteroatoms. The molecule has 2 aliphatic rings. The average molecular weight is 506 g/mol. The quantitative estimate of drug-likeness (QED) is 0.621. The Labute approximate surface area is 202 Å². The maximum Gasteiger partial charge on any atom is 0.243 e. The van der Waals surface area contributed by atoms with Gasteiger partial charge in [-0.05, 0) is 51.0 Å². The summed E-state index contributed by atoms with van der Waals surface area (Å²) in [6.45, 7) is 5.38. The van der Waals surface area contributed by atoms with Gasteiger partial charge in [-0.3, -0.25) is 4.79 Å². The number of rotatable bonds is 5. The molecule has 184 valence electrons. The van der Waals surface area contributed by atoms with Crippen molar-refractivity contribution in [3.05, 3.63) is 59.7 Å². The van der Waals surface area contributed by atoms with Crippen LogP contribution in [0.25, 0.3) is 0 Å². The van der Waals surface area contributed by atoms with Crippen LogP contribution >= 0.6 is 0 Å². The van der Waals surface area contributed by atoms with Crippen LogP contribution in [0.3, 0.4) is 0 Å². The summed E-state index contributed by atoms with van der Waals surface area (Å²) in [6.07, 6.45) is 1.24. The van der Waals surface area contributed by atoms with E-state index >= 15 is 0 Å². The highest BCUT2D eigenvalue weighted by molar-refractivity contribution is 7.89. The molecule has 0 spiro atoms. The number of sulfonamides is 2. The highest BCUT2D eigenvalue weighted by atomic mass is 32.2. The molecule has 1 atom stereocenters. The van der Waals surface area contributed by atoms with E-state index < -0.39 is 26.0 Å². The van der Waals surface area contributed by atoms with Crippen molar-refractivity contribution in [1.82, 2.24) is 13.5 Å². The predicted molar refractivity (Wildman–Crippen MR) is 129 cm³/mol. The Hall–Kier alpha value is -2.27. The first-order valence-electron chi connectivity index (χ1n) is 11.5. The topological polar surface area (TPSA) is 95.1 Å². The lowest BCUT2D eigenvalue weighted by Crippen LogP contribution is -2.54. The minimum absolute atomic E-state index is 0.101. The van der Waals surface area contributed by atoms with Crippen LogP contribution < -0.4 is 0 Å². The first-order chi connectivity index (χ1) is 16.1. The van der Waals surface area contributed by atoms with Gasteiger partial charge in [-0.15, -0.1) is 0 Å². The molecule has 0 N–H and O–H groups in total.